The van der Waals surface area contributed by atoms with Gasteiger partial charge in [-0.2, -0.15) is 5.10 Å². The van der Waals surface area contributed by atoms with Gasteiger partial charge in [0.1, 0.15) is 23.7 Å². The van der Waals surface area contributed by atoms with Gasteiger partial charge in [-0.25, -0.2) is 9.37 Å². The lowest BCUT2D eigenvalue weighted by Gasteiger charge is -2.12. The van der Waals surface area contributed by atoms with Crippen LogP contribution in [0.2, 0.25) is 0 Å². The van der Waals surface area contributed by atoms with Gasteiger partial charge in [-0.1, -0.05) is 12.1 Å². The van der Waals surface area contributed by atoms with Crippen molar-refractivity contribution in [1.82, 2.24) is 14.8 Å². The van der Waals surface area contributed by atoms with E-state index < -0.39 is 0 Å². The number of aromatic nitrogens is 3. The summed E-state index contributed by atoms with van der Waals surface area (Å²) >= 11 is 0. The number of pyridine rings is 1. The van der Waals surface area contributed by atoms with E-state index >= 15 is 0 Å². The first-order valence-electron chi connectivity index (χ1n) is 9.20. The minimum atomic E-state index is -0.278. The third-order valence-electron chi connectivity index (χ3n) is 5.05. The molecule has 0 atom stereocenters. The summed E-state index contributed by atoms with van der Waals surface area (Å²) in [5, 5.41) is 4.31. The average Bonchev–Trinajstić information content (AvgIpc) is 3.04. The molecule has 0 saturated heterocycles. The van der Waals surface area contributed by atoms with Crippen LogP contribution in [0.1, 0.15) is 22.4 Å². The van der Waals surface area contributed by atoms with Crippen LogP contribution >= 0.6 is 0 Å². The minimum absolute atomic E-state index is 0.167. The van der Waals surface area contributed by atoms with Crippen LogP contribution in [0.25, 0.3) is 22.2 Å². The summed E-state index contributed by atoms with van der Waals surface area (Å²) in [7, 11) is 1.89. The highest BCUT2D eigenvalue weighted by molar-refractivity contribution is 5.91. The third-order valence-corrected chi connectivity index (χ3v) is 5.05. The second kappa shape index (κ2) is 7.08. The fraction of sp³-hybridized carbons (Fsp3) is 0.217. The molecular formula is C23H22FN3O. The Balaban J connectivity index is 1.70. The van der Waals surface area contributed by atoms with Crippen LogP contribution in [-0.4, -0.2) is 14.8 Å². The van der Waals surface area contributed by atoms with Crippen molar-refractivity contribution in [3.8, 4) is 16.9 Å². The molecular weight excluding hydrogens is 353 g/mol. The summed E-state index contributed by atoms with van der Waals surface area (Å²) in [5.74, 6) is 0.460. The van der Waals surface area contributed by atoms with Gasteiger partial charge in [-0.05, 0) is 67.8 Å². The van der Waals surface area contributed by atoms with Crippen LogP contribution in [0.15, 0.2) is 48.7 Å². The lowest BCUT2D eigenvalue weighted by atomic mass is 10.0. The molecule has 2 aromatic heterocycles. The van der Waals surface area contributed by atoms with E-state index in [0.29, 0.717) is 5.56 Å². The molecule has 0 saturated carbocycles. The molecule has 0 spiro atoms. The monoisotopic (exact) mass is 375 g/mol. The number of hydrogen-bond acceptors (Lipinski definition) is 3. The van der Waals surface area contributed by atoms with Crippen LogP contribution in [0, 0.1) is 26.6 Å². The van der Waals surface area contributed by atoms with Gasteiger partial charge in [-0.3, -0.25) is 4.68 Å². The van der Waals surface area contributed by atoms with Gasteiger partial charge in [0.15, 0.2) is 0 Å². The summed E-state index contributed by atoms with van der Waals surface area (Å²) in [5.41, 5.74) is 7.42. The van der Waals surface area contributed by atoms with Gasteiger partial charge in [0.2, 0.25) is 0 Å². The second-order valence-electron chi connectivity index (χ2n) is 7.15. The Kier molecular flexibility index (Phi) is 4.59. The van der Waals surface area contributed by atoms with Crippen molar-refractivity contribution in [3.63, 3.8) is 0 Å². The molecule has 2 heterocycles. The van der Waals surface area contributed by atoms with E-state index in [1.165, 1.54) is 11.6 Å². The van der Waals surface area contributed by atoms with Crippen molar-refractivity contribution in [1.29, 1.82) is 0 Å². The molecule has 2 aromatic carbocycles. The quantitative estimate of drug-likeness (QED) is 0.487. The SMILES string of the molecule is Cc1cc(-c2ccc(F)c(COc3ccc(C)c(C)c3)c2)c2c(cnn2C)n1. The Morgan fingerprint density at radius 2 is 1.82 bits per heavy atom. The maximum Gasteiger partial charge on any atom is 0.129 e. The van der Waals surface area contributed by atoms with E-state index in [-0.39, 0.29) is 12.4 Å². The van der Waals surface area contributed by atoms with E-state index in [4.69, 9.17) is 4.74 Å². The van der Waals surface area contributed by atoms with Gasteiger partial charge < -0.3 is 4.74 Å². The predicted molar refractivity (Wildman–Crippen MR) is 109 cm³/mol. The van der Waals surface area contributed by atoms with Gasteiger partial charge in [-0.15, -0.1) is 0 Å². The Labute approximate surface area is 163 Å². The Hall–Kier alpha value is -3.21. The molecule has 0 N–H and O–H groups in total. The lowest BCUT2D eigenvalue weighted by Crippen LogP contribution is -2.00. The van der Waals surface area contributed by atoms with Gasteiger partial charge in [0, 0.05) is 23.9 Å². The number of hydrogen-bond donors (Lipinski definition) is 0. The van der Waals surface area contributed by atoms with Crippen molar-refractivity contribution in [3.05, 3.63) is 76.9 Å². The fourth-order valence-corrected chi connectivity index (χ4v) is 3.36. The third kappa shape index (κ3) is 3.36. The highest BCUT2D eigenvalue weighted by atomic mass is 19.1. The van der Waals surface area contributed by atoms with E-state index in [1.807, 2.05) is 51.2 Å². The van der Waals surface area contributed by atoms with Gasteiger partial charge in [0.05, 0.1) is 11.7 Å². The van der Waals surface area contributed by atoms with Gasteiger partial charge in [0.25, 0.3) is 0 Å². The average molecular weight is 375 g/mol. The first-order valence-corrected chi connectivity index (χ1v) is 9.20. The summed E-state index contributed by atoms with van der Waals surface area (Å²) in [4.78, 5) is 4.53. The number of ether oxygens (including phenoxy) is 1. The number of halogens is 1. The molecule has 0 fully saturated rings. The maximum absolute atomic E-state index is 14.4. The zero-order valence-corrected chi connectivity index (χ0v) is 16.5. The minimum Gasteiger partial charge on any atom is -0.489 e. The van der Waals surface area contributed by atoms with Gasteiger partial charge >= 0.3 is 0 Å². The highest BCUT2D eigenvalue weighted by Gasteiger charge is 2.13. The van der Waals surface area contributed by atoms with Crippen molar-refractivity contribution in [2.45, 2.75) is 27.4 Å². The standard InChI is InChI=1S/C23H22FN3O/c1-14-5-7-19(9-15(14)2)28-13-18-11-17(6-8-21(18)24)20-10-16(3)26-22-12-25-27(4)23(20)22/h5-12H,13H2,1-4H3. The molecule has 0 aliphatic carbocycles. The molecule has 0 unspecified atom stereocenters. The number of fused-ring (bicyclic) bond motifs is 1. The van der Waals surface area contributed by atoms with Crippen LogP contribution in [0.3, 0.4) is 0 Å². The zero-order valence-electron chi connectivity index (χ0n) is 16.5. The highest BCUT2D eigenvalue weighted by Crippen LogP contribution is 2.30. The first kappa shape index (κ1) is 18.2. The molecule has 0 aliphatic rings. The molecule has 4 aromatic rings. The van der Waals surface area contributed by atoms with E-state index in [2.05, 4.69) is 17.0 Å². The van der Waals surface area contributed by atoms with Crippen LogP contribution in [0.4, 0.5) is 4.39 Å². The number of rotatable bonds is 4. The summed E-state index contributed by atoms with van der Waals surface area (Å²) in [6, 6.07) is 13.0. The molecule has 142 valence electrons. The van der Waals surface area contributed by atoms with E-state index in [9.17, 15) is 4.39 Å². The van der Waals surface area contributed by atoms with E-state index in [0.717, 1.165) is 39.2 Å². The van der Waals surface area contributed by atoms with E-state index in [1.54, 1.807) is 16.9 Å². The normalized spacial score (nSPS) is 11.2. The van der Waals surface area contributed by atoms with Crippen molar-refractivity contribution in [2.24, 2.45) is 7.05 Å². The Morgan fingerprint density at radius 1 is 1.00 bits per heavy atom. The van der Waals surface area contributed by atoms with Crippen LogP contribution in [-0.2, 0) is 13.7 Å². The Bertz CT molecular complexity index is 1180. The largest absolute Gasteiger partial charge is 0.489 e. The lowest BCUT2D eigenvalue weighted by molar-refractivity contribution is 0.299. The molecule has 4 nitrogen and oxygen atoms in total. The second-order valence-corrected chi connectivity index (χ2v) is 7.15. The summed E-state index contributed by atoms with van der Waals surface area (Å²) in [6.45, 7) is 6.20. The number of aryl methyl sites for hydroxylation is 4. The van der Waals surface area contributed by atoms with Crippen molar-refractivity contribution in [2.75, 3.05) is 0 Å². The maximum atomic E-state index is 14.4. The van der Waals surface area contributed by atoms with Crippen molar-refractivity contribution >= 4 is 11.0 Å². The zero-order chi connectivity index (χ0) is 19.8. The molecule has 0 radical (unpaired) electrons. The predicted octanol–water partition coefficient (Wildman–Crippen LogP) is 5.28. The van der Waals surface area contributed by atoms with Crippen molar-refractivity contribution < 1.29 is 9.13 Å². The van der Waals surface area contributed by atoms with Crippen LogP contribution in [0.5, 0.6) is 5.75 Å². The molecule has 0 aliphatic heterocycles. The number of nitrogens with zero attached hydrogens (tertiary/aromatic N) is 3. The fourth-order valence-electron chi connectivity index (χ4n) is 3.36. The molecule has 28 heavy (non-hydrogen) atoms. The molecule has 5 heteroatoms. The Morgan fingerprint density at radius 3 is 2.61 bits per heavy atom. The summed E-state index contributed by atoms with van der Waals surface area (Å²) < 4.78 is 22.1. The smallest absolute Gasteiger partial charge is 0.129 e. The first-order chi connectivity index (χ1) is 13.4. The molecule has 4 rings (SSSR count). The van der Waals surface area contributed by atoms with Crippen LogP contribution < -0.4 is 4.74 Å². The molecule has 0 bridgehead atoms. The number of benzene rings is 2. The summed E-state index contributed by atoms with van der Waals surface area (Å²) in [6.07, 6.45) is 1.75. The molecule has 0 amide bonds. The topological polar surface area (TPSA) is 39.9 Å².